The van der Waals surface area contributed by atoms with E-state index >= 15 is 0 Å². The van der Waals surface area contributed by atoms with Crippen LogP contribution in [0.2, 0.25) is 0 Å². The van der Waals surface area contributed by atoms with Crippen LogP contribution in [0.15, 0.2) is 24.5 Å². The number of nitrogens with zero attached hydrogens (tertiary/aromatic N) is 1. The van der Waals surface area contributed by atoms with Gasteiger partial charge in [-0.25, -0.2) is 4.98 Å². The molecule has 0 spiro atoms. The highest BCUT2D eigenvalue weighted by atomic mass is 35.5. The Morgan fingerprint density at radius 3 is 2.47 bits per heavy atom. The highest BCUT2D eigenvalue weighted by Gasteiger charge is 2.18. The third-order valence-electron chi connectivity index (χ3n) is 2.26. The molecule has 1 aromatic rings. The van der Waals surface area contributed by atoms with Gasteiger partial charge in [-0.1, -0.05) is 0 Å². The summed E-state index contributed by atoms with van der Waals surface area (Å²) in [6.45, 7) is 2.67. The van der Waals surface area contributed by atoms with Crippen molar-refractivity contribution in [2.75, 3.05) is 26.3 Å². The van der Waals surface area contributed by atoms with Gasteiger partial charge < -0.3 is 22.0 Å². The van der Waals surface area contributed by atoms with Gasteiger partial charge in [-0.05, 0) is 0 Å². The average molecular weight is 229 g/mol. The van der Waals surface area contributed by atoms with Crippen LogP contribution in [0.3, 0.4) is 0 Å². The van der Waals surface area contributed by atoms with Crippen LogP contribution in [-0.4, -0.2) is 37.1 Å². The van der Waals surface area contributed by atoms with Gasteiger partial charge in [0.2, 0.25) is 0 Å². The zero-order valence-corrected chi connectivity index (χ0v) is 9.04. The van der Waals surface area contributed by atoms with E-state index in [1.807, 2.05) is 4.90 Å². The zero-order valence-electron chi connectivity index (χ0n) is 8.28. The highest BCUT2D eigenvalue weighted by molar-refractivity contribution is 5.94. The highest BCUT2D eigenvalue weighted by Crippen LogP contribution is 2.04. The molecular formula is C10H13ClN2O2. The maximum atomic E-state index is 11.9. The van der Waals surface area contributed by atoms with Crippen LogP contribution in [-0.2, 0) is 4.74 Å². The summed E-state index contributed by atoms with van der Waals surface area (Å²) in [5, 5.41) is 0. The summed E-state index contributed by atoms with van der Waals surface area (Å²) in [6.07, 6.45) is 3.52. The van der Waals surface area contributed by atoms with Crippen LogP contribution < -0.4 is 17.4 Å². The molecular weight excluding hydrogens is 216 g/mol. The molecule has 0 bridgehead atoms. The van der Waals surface area contributed by atoms with Gasteiger partial charge in [0, 0.05) is 25.2 Å². The van der Waals surface area contributed by atoms with Gasteiger partial charge in [0.1, 0.15) is 0 Å². The van der Waals surface area contributed by atoms with E-state index in [4.69, 9.17) is 4.74 Å². The third kappa shape index (κ3) is 2.91. The predicted molar refractivity (Wildman–Crippen MR) is 49.7 cm³/mol. The Morgan fingerprint density at radius 1 is 1.27 bits per heavy atom. The number of carbonyl (C=O) groups excluding carboxylic acids is 1. The number of nitrogens with one attached hydrogen (secondary N) is 1. The Hall–Kier alpha value is -1.13. The summed E-state index contributed by atoms with van der Waals surface area (Å²) in [5.41, 5.74) is 0.727. The minimum absolute atomic E-state index is 0. The Labute approximate surface area is 94.7 Å². The molecule has 1 fully saturated rings. The first-order valence-electron chi connectivity index (χ1n) is 4.71. The molecule has 1 aliphatic heterocycles. The molecule has 4 nitrogen and oxygen atoms in total. The summed E-state index contributed by atoms with van der Waals surface area (Å²) >= 11 is 0. The van der Waals surface area contributed by atoms with E-state index in [0.717, 1.165) is 5.56 Å². The van der Waals surface area contributed by atoms with Crippen LogP contribution in [0.5, 0.6) is 0 Å². The molecule has 2 rings (SSSR count). The Balaban J connectivity index is 0.00000112. The van der Waals surface area contributed by atoms with Crippen molar-refractivity contribution in [2.24, 2.45) is 0 Å². The number of hydrogen-bond donors (Lipinski definition) is 0. The van der Waals surface area contributed by atoms with Crippen molar-refractivity contribution in [3.05, 3.63) is 30.1 Å². The molecule has 0 aliphatic carbocycles. The molecule has 0 aromatic carbocycles. The normalized spacial score (nSPS) is 15.6. The van der Waals surface area contributed by atoms with Gasteiger partial charge in [-0.15, -0.1) is 0 Å². The Morgan fingerprint density at radius 2 is 1.87 bits per heavy atom. The van der Waals surface area contributed by atoms with Crippen molar-refractivity contribution in [2.45, 2.75) is 0 Å². The second kappa shape index (κ2) is 5.68. The van der Waals surface area contributed by atoms with Gasteiger partial charge in [0.15, 0.2) is 12.4 Å². The van der Waals surface area contributed by atoms with Gasteiger partial charge in [-0.3, -0.25) is 4.79 Å². The quantitative estimate of drug-likeness (QED) is 0.514. The van der Waals surface area contributed by atoms with Crippen molar-refractivity contribution in [1.82, 2.24) is 4.90 Å². The minimum atomic E-state index is 0. The van der Waals surface area contributed by atoms with Gasteiger partial charge >= 0.3 is 0 Å². The van der Waals surface area contributed by atoms with Crippen LogP contribution >= 0.6 is 0 Å². The van der Waals surface area contributed by atoms with Crippen LogP contribution in [0.1, 0.15) is 10.4 Å². The molecule has 1 N–H and O–H groups in total. The second-order valence-corrected chi connectivity index (χ2v) is 3.19. The summed E-state index contributed by atoms with van der Waals surface area (Å²) < 4.78 is 5.19. The molecule has 1 aliphatic rings. The van der Waals surface area contributed by atoms with Crippen LogP contribution in [0, 0.1) is 0 Å². The molecule has 0 atom stereocenters. The first-order valence-corrected chi connectivity index (χ1v) is 4.71. The van der Waals surface area contributed by atoms with E-state index in [1.165, 1.54) is 0 Å². The standard InChI is InChI=1S/C10H12N2O2.ClH/c13-10(9-1-3-11-4-2-9)12-5-7-14-8-6-12;/h1-4H,5-8H2;1H. The molecule has 1 saturated heterocycles. The number of pyridine rings is 1. The van der Waals surface area contributed by atoms with Crippen molar-refractivity contribution >= 4 is 5.91 Å². The fraction of sp³-hybridized carbons (Fsp3) is 0.400. The SMILES string of the molecule is O=C(c1cc[nH+]cc1)N1CCOCC1.[Cl-]. The molecule has 0 unspecified atom stereocenters. The van der Waals surface area contributed by atoms with E-state index in [-0.39, 0.29) is 18.3 Å². The summed E-state index contributed by atoms with van der Waals surface area (Å²) in [7, 11) is 0. The lowest BCUT2D eigenvalue weighted by Gasteiger charge is -2.26. The van der Waals surface area contributed by atoms with Gasteiger partial charge in [0.25, 0.3) is 5.91 Å². The number of halogens is 1. The van der Waals surface area contributed by atoms with Gasteiger partial charge in [0.05, 0.1) is 18.8 Å². The second-order valence-electron chi connectivity index (χ2n) is 3.19. The third-order valence-corrected chi connectivity index (χ3v) is 2.26. The molecule has 1 amide bonds. The summed E-state index contributed by atoms with van der Waals surface area (Å²) in [5.74, 6) is 0.0855. The lowest BCUT2D eigenvalue weighted by atomic mass is 10.2. The van der Waals surface area contributed by atoms with Gasteiger partial charge in [-0.2, -0.15) is 0 Å². The number of aromatic nitrogens is 1. The summed E-state index contributed by atoms with van der Waals surface area (Å²) in [6, 6.07) is 3.58. The molecule has 82 valence electrons. The van der Waals surface area contributed by atoms with Crippen molar-refractivity contribution < 1.29 is 26.9 Å². The molecule has 5 heteroatoms. The first kappa shape index (κ1) is 11.9. The average Bonchev–Trinajstić information content (AvgIpc) is 2.30. The smallest absolute Gasteiger partial charge is 0.254 e. The van der Waals surface area contributed by atoms with Crippen molar-refractivity contribution in [3.8, 4) is 0 Å². The lowest BCUT2D eigenvalue weighted by Crippen LogP contribution is -3.00. The first-order chi connectivity index (χ1) is 6.88. The number of hydrogen-bond acceptors (Lipinski definition) is 2. The van der Waals surface area contributed by atoms with E-state index in [9.17, 15) is 4.79 Å². The number of amides is 1. The summed E-state index contributed by atoms with van der Waals surface area (Å²) in [4.78, 5) is 16.6. The van der Waals surface area contributed by atoms with E-state index in [1.54, 1.807) is 24.5 Å². The Bertz CT molecular complexity index is 312. The molecule has 0 radical (unpaired) electrons. The number of carbonyl (C=O) groups is 1. The predicted octanol–water partition coefficient (Wildman–Crippen LogP) is -3.02. The fourth-order valence-corrected chi connectivity index (χ4v) is 1.48. The Kier molecular flexibility index (Phi) is 4.52. The molecule has 2 heterocycles. The molecule has 0 saturated carbocycles. The largest absolute Gasteiger partial charge is 1.00 e. The number of rotatable bonds is 1. The monoisotopic (exact) mass is 228 g/mol. The molecule has 1 aromatic heterocycles. The number of morpholine rings is 1. The number of ether oxygens (including phenoxy) is 1. The van der Waals surface area contributed by atoms with Crippen molar-refractivity contribution in [3.63, 3.8) is 0 Å². The lowest BCUT2D eigenvalue weighted by molar-refractivity contribution is -0.378. The van der Waals surface area contributed by atoms with Crippen LogP contribution in [0.4, 0.5) is 0 Å². The van der Waals surface area contributed by atoms with Crippen molar-refractivity contribution in [1.29, 1.82) is 0 Å². The minimum Gasteiger partial charge on any atom is -1.00 e. The number of H-pyrrole nitrogens is 1. The van der Waals surface area contributed by atoms with E-state index in [0.29, 0.717) is 26.3 Å². The zero-order chi connectivity index (χ0) is 9.80. The fourth-order valence-electron chi connectivity index (χ4n) is 1.48. The maximum Gasteiger partial charge on any atom is 0.254 e. The number of aromatic amines is 1. The maximum absolute atomic E-state index is 11.9. The molecule has 15 heavy (non-hydrogen) atoms. The van der Waals surface area contributed by atoms with E-state index < -0.39 is 0 Å². The topological polar surface area (TPSA) is 43.7 Å². The van der Waals surface area contributed by atoms with E-state index in [2.05, 4.69) is 4.98 Å². The van der Waals surface area contributed by atoms with Crippen LogP contribution in [0.25, 0.3) is 0 Å².